The second-order valence-corrected chi connectivity index (χ2v) is 4.73. The van der Waals surface area contributed by atoms with E-state index in [1.165, 1.54) is 15.3 Å². The molecule has 2 heterocycles. The van der Waals surface area contributed by atoms with E-state index in [1.807, 2.05) is 6.07 Å². The Morgan fingerprint density at radius 2 is 2.21 bits per heavy atom. The third-order valence-electron chi connectivity index (χ3n) is 2.26. The van der Waals surface area contributed by atoms with Crippen molar-refractivity contribution in [1.82, 2.24) is 0 Å². The predicted octanol–water partition coefficient (Wildman–Crippen LogP) is 3.01. The maximum absolute atomic E-state index is 6.13. The van der Waals surface area contributed by atoms with Crippen molar-refractivity contribution in [3.8, 4) is 0 Å². The van der Waals surface area contributed by atoms with Crippen LogP contribution in [0.3, 0.4) is 0 Å². The number of rotatable bonds is 2. The second kappa shape index (κ2) is 3.59. The Hall–Kier alpha value is -1.06. The fraction of sp³-hybridized carbons (Fsp3) is 0.273. The average molecular weight is 207 g/mol. The van der Waals surface area contributed by atoms with Gasteiger partial charge >= 0.3 is 0 Å². The van der Waals surface area contributed by atoms with Crippen molar-refractivity contribution in [2.24, 2.45) is 5.73 Å². The Morgan fingerprint density at radius 1 is 1.43 bits per heavy atom. The number of nitrogens with two attached hydrogens (primary N) is 1. The topological polar surface area (TPSA) is 39.2 Å². The van der Waals surface area contributed by atoms with E-state index < -0.39 is 0 Å². The number of hydrogen-bond donors (Lipinski definition) is 1. The summed E-state index contributed by atoms with van der Waals surface area (Å²) in [5.41, 5.74) is 8.43. The number of hydrogen-bond acceptors (Lipinski definition) is 3. The van der Waals surface area contributed by atoms with Gasteiger partial charge in [0.25, 0.3) is 0 Å². The zero-order valence-electron chi connectivity index (χ0n) is 8.28. The molecule has 0 aliphatic carbocycles. The van der Waals surface area contributed by atoms with Crippen LogP contribution in [0, 0.1) is 13.8 Å². The Balaban J connectivity index is 2.36. The third kappa shape index (κ3) is 1.61. The lowest BCUT2D eigenvalue weighted by Gasteiger charge is -2.07. The van der Waals surface area contributed by atoms with Crippen molar-refractivity contribution in [3.63, 3.8) is 0 Å². The third-order valence-corrected chi connectivity index (χ3v) is 3.50. The van der Waals surface area contributed by atoms with E-state index >= 15 is 0 Å². The minimum atomic E-state index is -0.0487. The highest BCUT2D eigenvalue weighted by Gasteiger charge is 2.14. The van der Waals surface area contributed by atoms with E-state index in [1.54, 1.807) is 23.9 Å². The molecule has 2 aromatic rings. The summed E-state index contributed by atoms with van der Waals surface area (Å²) in [4.78, 5) is 2.53. The highest BCUT2D eigenvalue weighted by molar-refractivity contribution is 7.12. The minimum absolute atomic E-state index is 0.0487. The summed E-state index contributed by atoms with van der Waals surface area (Å²) < 4.78 is 5.03. The lowest BCUT2D eigenvalue weighted by Crippen LogP contribution is -2.10. The zero-order valence-corrected chi connectivity index (χ0v) is 9.10. The SMILES string of the molecule is Cc1cc(C)c(C(N)c2ccoc2)s1. The molecule has 0 saturated heterocycles. The van der Waals surface area contributed by atoms with E-state index in [4.69, 9.17) is 10.2 Å². The van der Waals surface area contributed by atoms with Crippen molar-refractivity contribution < 1.29 is 4.42 Å². The van der Waals surface area contributed by atoms with Gasteiger partial charge in [-0.25, -0.2) is 0 Å². The fourth-order valence-corrected chi connectivity index (χ4v) is 2.64. The molecule has 0 aromatic carbocycles. The average Bonchev–Trinajstić information content (AvgIpc) is 2.73. The quantitative estimate of drug-likeness (QED) is 0.822. The zero-order chi connectivity index (χ0) is 10.1. The molecular formula is C11H13NOS. The van der Waals surface area contributed by atoms with Gasteiger partial charge in [-0.05, 0) is 31.5 Å². The number of aryl methyl sites for hydroxylation is 2. The summed E-state index contributed by atoms with van der Waals surface area (Å²) in [6.07, 6.45) is 3.37. The maximum atomic E-state index is 6.13. The van der Waals surface area contributed by atoms with E-state index in [0.717, 1.165) is 5.56 Å². The van der Waals surface area contributed by atoms with Gasteiger partial charge in [0.05, 0.1) is 18.6 Å². The summed E-state index contributed by atoms with van der Waals surface area (Å²) >= 11 is 1.75. The van der Waals surface area contributed by atoms with Gasteiger partial charge in [0.2, 0.25) is 0 Å². The van der Waals surface area contributed by atoms with Crippen molar-refractivity contribution in [2.45, 2.75) is 19.9 Å². The van der Waals surface area contributed by atoms with Crippen LogP contribution in [0.4, 0.5) is 0 Å². The molecular weight excluding hydrogens is 194 g/mol. The molecule has 0 spiro atoms. The molecule has 14 heavy (non-hydrogen) atoms. The molecule has 0 fully saturated rings. The first-order chi connectivity index (χ1) is 6.68. The van der Waals surface area contributed by atoms with Crippen LogP contribution in [-0.2, 0) is 0 Å². The van der Waals surface area contributed by atoms with Crippen LogP contribution in [0.1, 0.15) is 26.9 Å². The van der Waals surface area contributed by atoms with Gasteiger partial charge in [-0.15, -0.1) is 11.3 Å². The van der Waals surface area contributed by atoms with Crippen LogP contribution < -0.4 is 5.73 Å². The van der Waals surface area contributed by atoms with E-state index in [9.17, 15) is 0 Å². The first-order valence-electron chi connectivity index (χ1n) is 4.53. The van der Waals surface area contributed by atoms with Crippen LogP contribution in [0.15, 0.2) is 29.1 Å². The molecule has 2 aromatic heterocycles. The largest absolute Gasteiger partial charge is 0.472 e. The monoisotopic (exact) mass is 207 g/mol. The molecule has 0 aliphatic heterocycles. The number of furan rings is 1. The lowest BCUT2D eigenvalue weighted by molar-refractivity contribution is 0.562. The van der Waals surface area contributed by atoms with Crippen LogP contribution in [-0.4, -0.2) is 0 Å². The molecule has 2 N–H and O–H groups in total. The normalized spacial score (nSPS) is 13.1. The molecule has 2 rings (SSSR count). The Labute approximate surface area is 87.4 Å². The van der Waals surface area contributed by atoms with Crippen molar-refractivity contribution in [1.29, 1.82) is 0 Å². The van der Waals surface area contributed by atoms with Crippen molar-refractivity contribution in [3.05, 3.63) is 45.5 Å². The summed E-state index contributed by atoms with van der Waals surface area (Å²) in [6, 6.07) is 4.03. The molecule has 0 saturated carbocycles. The minimum Gasteiger partial charge on any atom is -0.472 e. The summed E-state index contributed by atoms with van der Waals surface area (Å²) in [7, 11) is 0. The standard InChI is InChI=1S/C11H13NOS/c1-7-5-8(2)14-11(7)10(12)9-3-4-13-6-9/h3-6,10H,12H2,1-2H3. The summed E-state index contributed by atoms with van der Waals surface area (Å²) in [5, 5.41) is 0. The molecule has 0 aliphatic rings. The Bertz CT molecular complexity index is 416. The van der Waals surface area contributed by atoms with Gasteiger partial charge in [-0.1, -0.05) is 0 Å². The molecule has 1 unspecified atom stereocenters. The Kier molecular flexibility index (Phi) is 2.44. The highest BCUT2D eigenvalue weighted by Crippen LogP contribution is 2.30. The molecule has 0 radical (unpaired) electrons. The summed E-state index contributed by atoms with van der Waals surface area (Å²) in [6.45, 7) is 4.20. The van der Waals surface area contributed by atoms with Gasteiger partial charge in [0.1, 0.15) is 0 Å². The van der Waals surface area contributed by atoms with Crippen LogP contribution in [0.2, 0.25) is 0 Å². The van der Waals surface area contributed by atoms with E-state index in [0.29, 0.717) is 0 Å². The van der Waals surface area contributed by atoms with Gasteiger partial charge in [0, 0.05) is 15.3 Å². The number of thiophene rings is 1. The maximum Gasteiger partial charge on any atom is 0.0954 e. The van der Waals surface area contributed by atoms with Gasteiger partial charge in [-0.3, -0.25) is 0 Å². The van der Waals surface area contributed by atoms with Crippen LogP contribution in [0.25, 0.3) is 0 Å². The molecule has 2 nitrogen and oxygen atoms in total. The lowest BCUT2D eigenvalue weighted by atomic mass is 10.1. The fourth-order valence-electron chi connectivity index (χ4n) is 1.57. The smallest absolute Gasteiger partial charge is 0.0954 e. The highest BCUT2D eigenvalue weighted by atomic mass is 32.1. The molecule has 3 heteroatoms. The van der Waals surface area contributed by atoms with E-state index in [2.05, 4.69) is 19.9 Å². The first kappa shape index (κ1) is 9.49. The van der Waals surface area contributed by atoms with Gasteiger partial charge in [-0.2, -0.15) is 0 Å². The predicted molar refractivity (Wildman–Crippen MR) is 58.5 cm³/mol. The molecule has 0 amide bonds. The van der Waals surface area contributed by atoms with E-state index in [-0.39, 0.29) is 6.04 Å². The van der Waals surface area contributed by atoms with Crippen molar-refractivity contribution in [2.75, 3.05) is 0 Å². The second-order valence-electron chi connectivity index (χ2n) is 3.44. The molecule has 1 atom stereocenters. The molecule has 74 valence electrons. The van der Waals surface area contributed by atoms with Crippen LogP contribution in [0.5, 0.6) is 0 Å². The molecule has 0 bridgehead atoms. The van der Waals surface area contributed by atoms with Crippen LogP contribution >= 0.6 is 11.3 Å². The van der Waals surface area contributed by atoms with Crippen molar-refractivity contribution >= 4 is 11.3 Å². The van der Waals surface area contributed by atoms with Gasteiger partial charge in [0.15, 0.2) is 0 Å². The Morgan fingerprint density at radius 3 is 2.71 bits per heavy atom. The first-order valence-corrected chi connectivity index (χ1v) is 5.34. The van der Waals surface area contributed by atoms with Gasteiger partial charge < -0.3 is 10.2 Å². The summed E-state index contributed by atoms with van der Waals surface area (Å²) in [5.74, 6) is 0.